The Morgan fingerprint density at radius 3 is 2.86 bits per heavy atom. The highest BCUT2D eigenvalue weighted by molar-refractivity contribution is 7.13. The van der Waals surface area contributed by atoms with Gasteiger partial charge in [-0.05, 0) is 43.9 Å². The van der Waals surface area contributed by atoms with Gasteiger partial charge >= 0.3 is 12.0 Å². The van der Waals surface area contributed by atoms with Crippen LogP contribution in [0.25, 0.3) is 27.7 Å². The number of hydrogen-bond acceptors (Lipinski definition) is 8. The average Bonchev–Trinajstić information content (AvgIpc) is 3.32. The number of halogens is 1. The SMILES string of the molecule is C=Cc1csc(-c2cc(O[C@H]3C[C@H]4C(=O)N=CCCC/C=C\[C@H]5C[C@@]5(C(=O)O)NC(=O)N4C3)c3ccc(OC)c(Cl)c3n2)n1. The smallest absolute Gasteiger partial charge is 0.330 e. The second kappa shape index (κ2) is 12.0. The highest BCUT2D eigenvalue weighted by Crippen LogP contribution is 2.45. The molecule has 3 aliphatic rings. The third-order valence-corrected chi connectivity index (χ3v) is 9.38. The van der Waals surface area contributed by atoms with E-state index in [-0.39, 0.29) is 25.3 Å². The number of benzene rings is 1. The van der Waals surface area contributed by atoms with Gasteiger partial charge in [-0.3, -0.25) is 4.79 Å². The number of thiazole rings is 1. The van der Waals surface area contributed by atoms with Gasteiger partial charge in [-0.15, -0.1) is 11.3 Å². The number of aliphatic imine (C=N–C) groups is 1. The zero-order chi connectivity index (χ0) is 31.0. The second-order valence-electron chi connectivity index (χ2n) is 10.9. The molecule has 0 bridgehead atoms. The summed E-state index contributed by atoms with van der Waals surface area (Å²) in [6.07, 6.45) is 8.90. The minimum absolute atomic E-state index is 0.0366. The summed E-state index contributed by atoms with van der Waals surface area (Å²) in [5, 5.41) is 16.1. The first-order valence-electron chi connectivity index (χ1n) is 14.2. The number of amides is 3. The molecular weight excluding hydrogens is 606 g/mol. The number of ether oxygens (including phenoxy) is 2. The largest absolute Gasteiger partial charge is 0.495 e. The normalized spacial score (nSPS) is 25.9. The molecule has 2 N–H and O–H groups in total. The number of aromatic nitrogens is 2. The number of aliphatic carboxylic acids is 1. The molecule has 0 radical (unpaired) electrons. The fraction of sp³-hybridized carbons (Fsp3) is 0.355. The van der Waals surface area contributed by atoms with Crippen molar-refractivity contribution in [1.29, 1.82) is 0 Å². The number of carboxylic acids is 1. The van der Waals surface area contributed by atoms with Crippen LogP contribution in [-0.2, 0) is 9.59 Å². The van der Waals surface area contributed by atoms with Crippen LogP contribution in [0, 0.1) is 5.92 Å². The Balaban J connectivity index is 1.34. The van der Waals surface area contributed by atoms with Crippen LogP contribution in [0.4, 0.5) is 4.79 Å². The third-order valence-electron chi connectivity index (χ3n) is 8.14. The monoisotopic (exact) mass is 635 g/mol. The molecular formula is C31H30ClN5O6S. The Labute approximate surface area is 262 Å². The maximum absolute atomic E-state index is 13.6. The molecule has 1 aliphatic carbocycles. The molecule has 44 heavy (non-hydrogen) atoms. The van der Waals surface area contributed by atoms with E-state index in [2.05, 4.69) is 21.9 Å². The number of carboxylic acid groups (broad SMARTS) is 1. The molecule has 3 aromatic rings. The van der Waals surface area contributed by atoms with E-state index in [4.69, 9.17) is 26.1 Å². The summed E-state index contributed by atoms with van der Waals surface area (Å²) in [7, 11) is 1.52. The summed E-state index contributed by atoms with van der Waals surface area (Å²) in [5.74, 6) is -1.03. The summed E-state index contributed by atoms with van der Waals surface area (Å²) in [6.45, 7) is 3.81. The van der Waals surface area contributed by atoms with Crippen molar-refractivity contribution in [3.8, 4) is 22.2 Å². The van der Waals surface area contributed by atoms with Crippen LogP contribution in [0.2, 0.25) is 5.02 Å². The highest BCUT2D eigenvalue weighted by Gasteiger charge is 2.61. The Kier molecular flexibility index (Phi) is 8.12. The van der Waals surface area contributed by atoms with Crippen LogP contribution in [0.15, 0.2) is 47.3 Å². The molecule has 6 rings (SSSR count). The van der Waals surface area contributed by atoms with Crippen LogP contribution < -0.4 is 14.8 Å². The van der Waals surface area contributed by atoms with Crippen molar-refractivity contribution >= 4 is 64.0 Å². The molecule has 0 spiro atoms. The second-order valence-corrected chi connectivity index (χ2v) is 12.2. The third kappa shape index (κ3) is 5.55. The van der Waals surface area contributed by atoms with E-state index in [9.17, 15) is 19.5 Å². The maximum atomic E-state index is 13.6. The molecule has 228 valence electrons. The minimum Gasteiger partial charge on any atom is -0.495 e. The maximum Gasteiger partial charge on any atom is 0.330 e. The number of hydrogen-bond donors (Lipinski definition) is 2. The average molecular weight is 636 g/mol. The Hall–Kier alpha value is -4.29. The van der Waals surface area contributed by atoms with Crippen molar-refractivity contribution in [1.82, 2.24) is 20.2 Å². The molecule has 4 heterocycles. The van der Waals surface area contributed by atoms with Gasteiger partial charge in [0.1, 0.15) is 44.9 Å². The van der Waals surface area contributed by atoms with Crippen molar-refractivity contribution in [2.45, 2.75) is 49.8 Å². The first-order chi connectivity index (χ1) is 21.2. The molecule has 0 unspecified atom stereocenters. The summed E-state index contributed by atoms with van der Waals surface area (Å²) in [6, 6.07) is 3.68. The van der Waals surface area contributed by atoms with Gasteiger partial charge < -0.3 is 24.8 Å². The lowest BCUT2D eigenvalue weighted by atomic mass is 10.1. The highest BCUT2D eigenvalue weighted by atomic mass is 35.5. The molecule has 2 aliphatic heterocycles. The van der Waals surface area contributed by atoms with Gasteiger partial charge in [0, 0.05) is 35.4 Å². The molecule has 11 nitrogen and oxygen atoms in total. The summed E-state index contributed by atoms with van der Waals surface area (Å²) in [5.41, 5.74) is 0.262. The van der Waals surface area contributed by atoms with Gasteiger partial charge in [-0.25, -0.2) is 24.5 Å². The summed E-state index contributed by atoms with van der Waals surface area (Å²) in [4.78, 5) is 53.8. The number of rotatable bonds is 6. The molecule has 13 heteroatoms. The minimum atomic E-state index is -1.41. The lowest BCUT2D eigenvalue weighted by Gasteiger charge is -2.25. The van der Waals surface area contributed by atoms with Crippen LogP contribution in [-0.4, -0.2) is 75.4 Å². The van der Waals surface area contributed by atoms with Gasteiger partial charge in [-0.2, -0.15) is 0 Å². The topological polar surface area (TPSA) is 143 Å². The molecule has 2 aromatic heterocycles. The van der Waals surface area contributed by atoms with Gasteiger partial charge in [0.2, 0.25) is 0 Å². The van der Waals surface area contributed by atoms with Crippen LogP contribution >= 0.6 is 22.9 Å². The predicted octanol–water partition coefficient (Wildman–Crippen LogP) is 5.38. The lowest BCUT2D eigenvalue weighted by molar-refractivity contribution is -0.140. The molecule has 3 amide bonds. The number of fused-ring (bicyclic) bond motifs is 3. The van der Waals surface area contributed by atoms with E-state index in [1.165, 1.54) is 23.3 Å². The number of urea groups is 1. The van der Waals surface area contributed by atoms with Crippen LogP contribution in [0.5, 0.6) is 11.5 Å². The number of carbonyl (C=O) groups excluding carboxylic acids is 2. The predicted molar refractivity (Wildman–Crippen MR) is 168 cm³/mol. The van der Waals surface area contributed by atoms with E-state index >= 15 is 0 Å². The Morgan fingerprint density at radius 1 is 1.27 bits per heavy atom. The van der Waals surface area contributed by atoms with Crippen LogP contribution in [0.3, 0.4) is 0 Å². The van der Waals surface area contributed by atoms with Crippen molar-refractivity contribution in [3.05, 3.63) is 53.0 Å². The van der Waals surface area contributed by atoms with Crippen molar-refractivity contribution in [3.63, 3.8) is 0 Å². The summed E-state index contributed by atoms with van der Waals surface area (Å²) >= 11 is 8.07. The summed E-state index contributed by atoms with van der Waals surface area (Å²) < 4.78 is 11.9. The fourth-order valence-corrected chi connectivity index (χ4v) is 6.70. The standard InChI is InChI=1S/C31H30ClN5O6S/c1-3-18-16-44-28(34-18)21-13-24(20-9-10-23(42-2)25(32)26(20)35-21)43-19-12-22-27(38)33-11-7-5-4-6-8-17-14-31(17,29(39)40)36-30(41)37(22)15-19/h3,6,8-11,13,16-17,19,22H,1,4-5,7,12,14-15H2,2H3,(H,36,41)(H,39,40)/b8-6-,33-11?/t17-,19-,22-,31+/m0/s1. The van der Waals surface area contributed by atoms with E-state index in [0.717, 1.165) is 12.8 Å². The van der Waals surface area contributed by atoms with Gasteiger partial charge in [0.25, 0.3) is 5.91 Å². The molecule has 1 saturated heterocycles. The Bertz CT molecular complexity index is 1720. The van der Waals surface area contributed by atoms with Crippen molar-refractivity contribution < 1.29 is 29.0 Å². The quantitative estimate of drug-likeness (QED) is 0.344. The van der Waals surface area contributed by atoms with Crippen molar-refractivity contribution in [2.75, 3.05) is 13.7 Å². The van der Waals surface area contributed by atoms with E-state index in [1.54, 1.807) is 30.5 Å². The number of pyridine rings is 1. The number of carbonyl (C=O) groups is 3. The van der Waals surface area contributed by atoms with Gasteiger partial charge in [0.05, 0.1) is 24.9 Å². The van der Waals surface area contributed by atoms with E-state index < -0.39 is 35.6 Å². The molecule has 1 aromatic carbocycles. The fourth-order valence-electron chi connectivity index (χ4n) is 5.65. The zero-order valence-corrected chi connectivity index (χ0v) is 25.4. The lowest BCUT2D eigenvalue weighted by Crippen LogP contribution is -2.53. The Morgan fingerprint density at radius 2 is 2.11 bits per heavy atom. The van der Waals surface area contributed by atoms with Gasteiger partial charge in [0.15, 0.2) is 0 Å². The molecule has 1 saturated carbocycles. The molecule has 2 fully saturated rings. The number of methoxy groups -OCH3 is 1. The van der Waals surface area contributed by atoms with E-state index in [0.29, 0.717) is 50.2 Å². The van der Waals surface area contributed by atoms with Crippen LogP contribution in [0.1, 0.15) is 37.8 Å². The first kappa shape index (κ1) is 29.8. The first-order valence-corrected chi connectivity index (χ1v) is 15.5. The number of nitrogens with one attached hydrogen (secondary N) is 1. The number of nitrogens with zero attached hydrogens (tertiary/aromatic N) is 4. The van der Waals surface area contributed by atoms with E-state index in [1.807, 2.05) is 17.5 Å². The van der Waals surface area contributed by atoms with Gasteiger partial charge in [-0.1, -0.05) is 30.3 Å². The zero-order valence-electron chi connectivity index (χ0n) is 23.9. The molecule has 4 atom stereocenters. The number of allylic oxidation sites excluding steroid dienone is 1. The van der Waals surface area contributed by atoms with Crippen molar-refractivity contribution in [2.24, 2.45) is 10.9 Å².